The third kappa shape index (κ3) is 3.90. The Balaban J connectivity index is 1.88. The summed E-state index contributed by atoms with van der Waals surface area (Å²) >= 11 is 6.97. The number of hydrogen-bond donors (Lipinski definition) is 1. The van der Waals surface area contributed by atoms with Gasteiger partial charge in [0.25, 0.3) is 0 Å². The van der Waals surface area contributed by atoms with Crippen molar-refractivity contribution in [3.8, 4) is 0 Å². The van der Waals surface area contributed by atoms with Crippen molar-refractivity contribution in [1.29, 1.82) is 0 Å². The molecule has 11 heavy (non-hydrogen) atoms. The van der Waals surface area contributed by atoms with Crippen LogP contribution in [0.3, 0.4) is 0 Å². The number of hydrogen-bond acceptors (Lipinski definition) is 1. The summed E-state index contributed by atoms with van der Waals surface area (Å²) in [4.78, 5) is 0.610. The second-order valence-corrected chi connectivity index (χ2v) is 5.19. The predicted octanol–water partition coefficient (Wildman–Crippen LogP) is 2.70. The second-order valence-electron chi connectivity index (χ2n) is 3.25. The van der Waals surface area contributed by atoms with Gasteiger partial charge in [-0.2, -0.15) is 0 Å². The van der Waals surface area contributed by atoms with Crippen LogP contribution in [-0.4, -0.2) is 21.4 Å². The van der Waals surface area contributed by atoms with Gasteiger partial charge in [0.2, 0.25) is 0 Å². The molecule has 0 aromatic rings. The molecule has 0 bridgehead atoms. The van der Waals surface area contributed by atoms with E-state index in [1.54, 1.807) is 0 Å². The maximum Gasteiger partial charge on any atom is 0.0573 e. The van der Waals surface area contributed by atoms with Gasteiger partial charge in [-0.1, -0.05) is 38.3 Å². The Kier molecular flexibility index (Phi) is 4.39. The van der Waals surface area contributed by atoms with E-state index in [0.29, 0.717) is 10.7 Å². The third-order valence-electron chi connectivity index (χ3n) is 2.14. The minimum Gasteiger partial charge on any atom is -0.393 e. The highest BCUT2D eigenvalue weighted by Gasteiger charge is 2.33. The Morgan fingerprint density at radius 1 is 1.55 bits per heavy atom. The van der Waals surface area contributed by atoms with Crippen molar-refractivity contribution in [1.82, 2.24) is 0 Å². The summed E-state index contributed by atoms with van der Waals surface area (Å²) in [6.07, 6.45) is 4.74. The van der Waals surface area contributed by atoms with E-state index in [0.717, 1.165) is 11.8 Å². The molecule has 1 nitrogen and oxygen atoms in total. The number of aliphatic hydroxyl groups excluding tert-OH is 1. The average molecular weight is 286 g/mol. The first-order chi connectivity index (χ1) is 5.24. The summed E-state index contributed by atoms with van der Waals surface area (Å²) in [5.74, 6) is 0.630. The molecule has 3 heteroatoms. The van der Waals surface area contributed by atoms with Gasteiger partial charge in [-0.3, -0.25) is 0 Å². The lowest BCUT2D eigenvalue weighted by Crippen LogP contribution is -1.98. The molecular formula is C8H14Br2O. The average Bonchev–Trinajstić information content (AvgIpc) is 2.66. The molecule has 3 atom stereocenters. The first kappa shape index (κ1) is 10.0. The van der Waals surface area contributed by atoms with Gasteiger partial charge < -0.3 is 5.11 Å². The molecule has 1 aliphatic rings. The van der Waals surface area contributed by atoms with E-state index in [4.69, 9.17) is 5.11 Å². The topological polar surface area (TPSA) is 20.2 Å². The molecule has 0 aromatic heterocycles. The van der Waals surface area contributed by atoms with Crippen molar-refractivity contribution in [2.45, 2.75) is 36.6 Å². The quantitative estimate of drug-likeness (QED) is 0.770. The van der Waals surface area contributed by atoms with Crippen molar-refractivity contribution < 1.29 is 5.11 Å². The summed E-state index contributed by atoms with van der Waals surface area (Å²) in [6, 6.07) is 0. The highest BCUT2D eigenvalue weighted by atomic mass is 79.9. The zero-order valence-corrected chi connectivity index (χ0v) is 9.64. The van der Waals surface area contributed by atoms with Crippen molar-refractivity contribution in [2.24, 2.45) is 5.92 Å². The van der Waals surface area contributed by atoms with Crippen molar-refractivity contribution in [3.63, 3.8) is 0 Å². The monoisotopic (exact) mass is 284 g/mol. The lowest BCUT2D eigenvalue weighted by atomic mass is 10.1. The Bertz CT molecular complexity index is 115. The fourth-order valence-corrected chi connectivity index (χ4v) is 1.87. The van der Waals surface area contributed by atoms with Crippen LogP contribution in [0, 0.1) is 5.92 Å². The predicted molar refractivity (Wildman–Crippen MR) is 54.5 cm³/mol. The molecule has 0 spiro atoms. The number of halogens is 2. The lowest BCUT2D eigenvalue weighted by molar-refractivity contribution is 0.255. The van der Waals surface area contributed by atoms with Crippen molar-refractivity contribution in [3.05, 3.63) is 0 Å². The minimum atomic E-state index is 0.0349. The van der Waals surface area contributed by atoms with Crippen LogP contribution >= 0.6 is 31.9 Å². The summed E-state index contributed by atoms with van der Waals surface area (Å²) in [5, 5.41) is 10.1. The van der Waals surface area contributed by atoms with Crippen LogP contribution in [0.2, 0.25) is 0 Å². The summed E-state index contributed by atoms with van der Waals surface area (Å²) in [6.45, 7) is 0. The van der Waals surface area contributed by atoms with E-state index < -0.39 is 0 Å². The number of aliphatic hydroxyl groups is 1. The molecule has 1 rings (SSSR count). The largest absolute Gasteiger partial charge is 0.393 e. The van der Waals surface area contributed by atoms with Crippen LogP contribution in [0.25, 0.3) is 0 Å². The van der Waals surface area contributed by atoms with Crippen molar-refractivity contribution in [2.75, 3.05) is 5.33 Å². The molecule has 66 valence electrons. The Hall–Kier alpha value is 0.920. The van der Waals surface area contributed by atoms with Gasteiger partial charge in [-0.05, 0) is 25.2 Å². The van der Waals surface area contributed by atoms with Gasteiger partial charge in [-0.15, -0.1) is 0 Å². The van der Waals surface area contributed by atoms with Crippen molar-refractivity contribution >= 4 is 31.9 Å². The van der Waals surface area contributed by atoms with Gasteiger partial charge in [0.1, 0.15) is 0 Å². The van der Waals surface area contributed by atoms with Crippen LogP contribution in [0.5, 0.6) is 0 Å². The SMILES string of the molecule is O[C@@H]1C[C@H]1CCCC(Br)CBr. The lowest BCUT2D eigenvalue weighted by Gasteiger charge is -2.03. The van der Waals surface area contributed by atoms with Gasteiger partial charge in [0.15, 0.2) is 0 Å². The molecule has 0 radical (unpaired) electrons. The molecule has 0 saturated heterocycles. The Morgan fingerprint density at radius 3 is 2.64 bits per heavy atom. The molecular weight excluding hydrogens is 272 g/mol. The van der Waals surface area contributed by atoms with Crippen LogP contribution < -0.4 is 0 Å². The van der Waals surface area contributed by atoms with Crippen LogP contribution in [0.1, 0.15) is 25.7 Å². The van der Waals surface area contributed by atoms with E-state index in [2.05, 4.69) is 31.9 Å². The highest BCUT2D eigenvalue weighted by Crippen LogP contribution is 2.35. The molecule has 0 heterocycles. The summed E-state index contributed by atoms with van der Waals surface area (Å²) in [7, 11) is 0. The smallest absolute Gasteiger partial charge is 0.0573 e. The van der Waals surface area contributed by atoms with Crippen LogP contribution in [0.4, 0.5) is 0 Å². The van der Waals surface area contributed by atoms with E-state index in [1.807, 2.05) is 0 Å². The first-order valence-corrected chi connectivity index (χ1v) is 6.16. The van der Waals surface area contributed by atoms with Gasteiger partial charge in [0.05, 0.1) is 6.10 Å². The van der Waals surface area contributed by atoms with Gasteiger partial charge in [-0.25, -0.2) is 0 Å². The third-order valence-corrected chi connectivity index (χ3v) is 4.58. The Morgan fingerprint density at radius 2 is 2.18 bits per heavy atom. The van der Waals surface area contributed by atoms with E-state index in [-0.39, 0.29) is 6.10 Å². The van der Waals surface area contributed by atoms with E-state index in [1.165, 1.54) is 19.3 Å². The minimum absolute atomic E-state index is 0.0349. The van der Waals surface area contributed by atoms with E-state index >= 15 is 0 Å². The van der Waals surface area contributed by atoms with Gasteiger partial charge in [0, 0.05) is 10.2 Å². The normalized spacial score (nSPS) is 31.9. The molecule has 1 N–H and O–H groups in total. The number of rotatable bonds is 5. The zero-order chi connectivity index (χ0) is 8.27. The van der Waals surface area contributed by atoms with E-state index in [9.17, 15) is 0 Å². The second kappa shape index (κ2) is 4.83. The molecule has 0 aliphatic heterocycles. The van der Waals surface area contributed by atoms with Gasteiger partial charge >= 0.3 is 0 Å². The fourth-order valence-electron chi connectivity index (χ4n) is 1.22. The summed E-state index contributed by atoms with van der Waals surface area (Å²) < 4.78 is 0. The molecule has 1 aliphatic carbocycles. The fraction of sp³-hybridized carbons (Fsp3) is 1.00. The first-order valence-electron chi connectivity index (χ1n) is 4.12. The standard InChI is InChI=1S/C8H14Br2O/c9-5-7(10)3-1-2-6-4-8(6)11/h6-8,11H,1-5H2/t6-,7?,8-/m1/s1. The molecule has 1 saturated carbocycles. The van der Waals surface area contributed by atoms with Crippen LogP contribution in [0.15, 0.2) is 0 Å². The zero-order valence-electron chi connectivity index (χ0n) is 6.47. The molecule has 0 aromatic carbocycles. The number of alkyl halides is 2. The molecule has 1 unspecified atom stereocenters. The molecule has 1 fully saturated rings. The Labute approximate surface area is 84.8 Å². The van der Waals surface area contributed by atoms with Crippen LogP contribution in [-0.2, 0) is 0 Å². The maximum atomic E-state index is 9.03. The summed E-state index contributed by atoms with van der Waals surface area (Å²) in [5.41, 5.74) is 0. The highest BCUT2D eigenvalue weighted by molar-refractivity contribution is 9.12. The maximum absolute atomic E-state index is 9.03. The molecule has 0 amide bonds.